The van der Waals surface area contributed by atoms with Crippen molar-refractivity contribution in [3.8, 4) is 11.4 Å². The molecular formula is C16H11Cl3N4OS. The maximum Gasteiger partial charge on any atom is 0.234 e. The second-order valence-corrected chi connectivity index (χ2v) is 7.13. The van der Waals surface area contributed by atoms with E-state index in [-0.39, 0.29) is 11.7 Å². The monoisotopic (exact) mass is 412 g/mol. The summed E-state index contributed by atoms with van der Waals surface area (Å²) < 4.78 is 0. The molecule has 0 fully saturated rings. The van der Waals surface area contributed by atoms with Crippen molar-refractivity contribution < 1.29 is 4.79 Å². The van der Waals surface area contributed by atoms with E-state index in [0.29, 0.717) is 31.7 Å². The van der Waals surface area contributed by atoms with E-state index < -0.39 is 0 Å². The first kappa shape index (κ1) is 18.1. The SMILES string of the molecule is O=C(CSc1n[nH]c(-c2ccc(Cl)cc2)n1)Nc1ccc(Cl)c(Cl)c1. The fourth-order valence-electron chi connectivity index (χ4n) is 1.95. The Bertz CT molecular complexity index is 899. The third kappa shape index (κ3) is 4.89. The van der Waals surface area contributed by atoms with Gasteiger partial charge in [0, 0.05) is 16.3 Å². The Balaban J connectivity index is 1.57. The van der Waals surface area contributed by atoms with E-state index in [4.69, 9.17) is 34.8 Å². The lowest BCUT2D eigenvalue weighted by molar-refractivity contribution is -0.113. The first-order valence-corrected chi connectivity index (χ1v) is 9.19. The van der Waals surface area contributed by atoms with Crippen molar-refractivity contribution in [1.29, 1.82) is 0 Å². The zero-order valence-corrected chi connectivity index (χ0v) is 15.7. The molecule has 0 saturated heterocycles. The zero-order valence-electron chi connectivity index (χ0n) is 12.6. The molecule has 0 bridgehead atoms. The summed E-state index contributed by atoms with van der Waals surface area (Å²) in [6.45, 7) is 0. The minimum atomic E-state index is -0.193. The molecule has 0 unspecified atom stereocenters. The molecule has 25 heavy (non-hydrogen) atoms. The van der Waals surface area contributed by atoms with Crippen LogP contribution in [0.1, 0.15) is 0 Å². The number of H-pyrrole nitrogens is 1. The number of aromatic amines is 1. The summed E-state index contributed by atoms with van der Waals surface area (Å²) >= 11 is 18.9. The molecule has 2 N–H and O–H groups in total. The number of benzene rings is 2. The largest absolute Gasteiger partial charge is 0.325 e. The number of hydrogen-bond acceptors (Lipinski definition) is 4. The van der Waals surface area contributed by atoms with Crippen LogP contribution in [0.2, 0.25) is 15.1 Å². The number of nitrogens with one attached hydrogen (secondary N) is 2. The molecule has 0 aliphatic heterocycles. The summed E-state index contributed by atoms with van der Waals surface area (Å²) in [7, 11) is 0. The normalized spacial score (nSPS) is 10.7. The van der Waals surface area contributed by atoms with Gasteiger partial charge in [-0.2, -0.15) is 0 Å². The highest BCUT2D eigenvalue weighted by molar-refractivity contribution is 7.99. The number of amides is 1. The standard InChI is InChI=1S/C16H11Cl3N4OS/c17-10-3-1-9(2-4-10)15-21-16(23-22-15)25-8-14(24)20-11-5-6-12(18)13(19)7-11/h1-7H,8H2,(H,20,24)(H,21,22,23). The van der Waals surface area contributed by atoms with Crippen molar-refractivity contribution in [2.24, 2.45) is 0 Å². The van der Waals surface area contributed by atoms with Gasteiger partial charge < -0.3 is 5.32 Å². The number of aromatic nitrogens is 3. The van der Waals surface area contributed by atoms with E-state index in [2.05, 4.69) is 20.5 Å². The van der Waals surface area contributed by atoms with Gasteiger partial charge in [-0.25, -0.2) is 4.98 Å². The number of thioether (sulfide) groups is 1. The van der Waals surface area contributed by atoms with Gasteiger partial charge in [0.1, 0.15) is 0 Å². The van der Waals surface area contributed by atoms with E-state index in [9.17, 15) is 4.79 Å². The molecule has 0 aliphatic rings. The summed E-state index contributed by atoms with van der Waals surface area (Å²) in [5.74, 6) is 0.586. The predicted molar refractivity (Wildman–Crippen MR) is 103 cm³/mol. The fraction of sp³-hybridized carbons (Fsp3) is 0.0625. The predicted octanol–water partition coefficient (Wildman–Crippen LogP) is 5.16. The second kappa shape index (κ2) is 8.10. The van der Waals surface area contributed by atoms with E-state index >= 15 is 0 Å². The van der Waals surface area contributed by atoms with E-state index in [0.717, 1.165) is 5.56 Å². The van der Waals surface area contributed by atoms with E-state index in [1.165, 1.54) is 11.8 Å². The molecular weight excluding hydrogens is 403 g/mol. The van der Waals surface area contributed by atoms with Crippen LogP contribution in [0, 0.1) is 0 Å². The van der Waals surface area contributed by atoms with Crippen molar-refractivity contribution in [2.45, 2.75) is 5.16 Å². The number of halogens is 3. The Morgan fingerprint density at radius 1 is 1.08 bits per heavy atom. The summed E-state index contributed by atoms with van der Waals surface area (Å²) in [4.78, 5) is 16.4. The van der Waals surface area contributed by atoms with Gasteiger partial charge in [-0.05, 0) is 42.5 Å². The molecule has 0 spiro atoms. The molecule has 5 nitrogen and oxygen atoms in total. The van der Waals surface area contributed by atoms with Crippen LogP contribution in [0.25, 0.3) is 11.4 Å². The van der Waals surface area contributed by atoms with Gasteiger partial charge in [0.05, 0.1) is 15.8 Å². The summed E-state index contributed by atoms with van der Waals surface area (Å²) in [6, 6.07) is 12.1. The fourth-order valence-corrected chi connectivity index (χ4v) is 2.97. The summed E-state index contributed by atoms with van der Waals surface area (Å²) in [5.41, 5.74) is 1.45. The second-order valence-electron chi connectivity index (χ2n) is 4.94. The van der Waals surface area contributed by atoms with E-state index in [1.54, 1.807) is 30.3 Å². The van der Waals surface area contributed by atoms with Gasteiger partial charge in [-0.1, -0.05) is 46.6 Å². The molecule has 3 rings (SSSR count). The molecule has 0 saturated carbocycles. The molecule has 9 heteroatoms. The van der Waals surface area contributed by atoms with Crippen LogP contribution < -0.4 is 5.32 Å². The zero-order chi connectivity index (χ0) is 17.8. The topological polar surface area (TPSA) is 70.7 Å². The molecule has 1 aromatic heterocycles. The van der Waals surface area contributed by atoms with Crippen LogP contribution in [0.5, 0.6) is 0 Å². The molecule has 0 atom stereocenters. The lowest BCUT2D eigenvalue weighted by atomic mass is 10.2. The number of carbonyl (C=O) groups excluding carboxylic acids is 1. The quantitative estimate of drug-likeness (QED) is 0.567. The number of anilines is 1. The third-order valence-corrected chi connectivity index (χ3v) is 4.96. The first-order valence-electron chi connectivity index (χ1n) is 7.07. The average Bonchev–Trinajstić information content (AvgIpc) is 3.06. The van der Waals surface area contributed by atoms with Gasteiger partial charge in [-0.3, -0.25) is 9.89 Å². The average molecular weight is 414 g/mol. The van der Waals surface area contributed by atoms with Crippen molar-refractivity contribution >= 4 is 58.2 Å². The third-order valence-electron chi connectivity index (χ3n) is 3.12. The highest BCUT2D eigenvalue weighted by Crippen LogP contribution is 2.25. The molecule has 1 heterocycles. The molecule has 0 aliphatic carbocycles. The van der Waals surface area contributed by atoms with Crippen molar-refractivity contribution in [1.82, 2.24) is 15.2 Å². The van der Waals surface area contributed by atoms with Crippen molar-refractivity contribution in [3.63, 3.8) is 0 Å². The Morgan fingerprint density at radius 2 is 1.84 bits per heavy atom. The summed E-state index contributed by atoms with van der Waals surface area (Å²) in [5, 5.41) is 11.6. The molecule has 3 aromatic rings. The van der Waals surface area contributed by atoms with Gasteiger partial charge in [0.25, 0.3) is 0 Å². The smallest absolute Gasteiger partial charge is 0.234 e. The van der Waals surface area contributed by atoms with Crippen LogP contribution >= 0.6 is 46.6 Å². The lowest BCUT2D eigenvalue weighted by Gasteiger charge is -2.05. The maximum absolute atomic E-state index is 12.0. The van der Waals surface area contributed by atoms with E-state index in [1.807, 2.05) is 12.1 Å². The minimum absolute atomic E-state index is 0.165. The lowest BCUT2D eigenvalue weighted by Crippen LogP contribution is -2.14. The number of nitrogens with zero attached hydrogens (tertiary/aromatic N) is 2. The minimum Gasteiger partial charge on any atom is -0.325 e. The van der Waals surface area contributed by atoms with Gasteiger partial charge in [-0.15, -0.1) is 5.10 Å². The first-order chi connectivity index (χ1) is 12.0. The number of rotatable bonds is 5. The highest BCUT2D eigenvalue weighted by Gasteiger charge is 2.10. The number of carbonyl (C=O) groups is 1. The molecule has 0 radical (unpaired) electrons. The summed E-state index contributed by atoms with van der Waals surface area (Å²) in [6.07, 6.45) is 0. The highest BCUT2D eigenvalue weighted by atomic mass is 35.5. The molecule has 2 aromatic carbocycles. The van der Waals surface area contributed by atoms with Crippen LogP contribution in [0.4, 0.5) is 5.69 Å². The Morgan fingerprint density at radius 3 is 2.56 bits per heavy atom. The van der Waals surface area contributed by atoms with Crippen LogP contribution in [-0.4, -0.2) is 26.8 Å². The Kier molecular flexibility index (Phi) is 5.86. The molecule has 128 valence electrons. The van der Waals surface area contributed by atoms with Gasteiger partial charge >= 0.3 is 0 Å². The van der Waals surface area contributed by atoms with Crippen LogP contribution in [0.15, 0.2) is 47.6 Å². The maximum atomic E-state index is 12.0. The van der Waals surface area contributed by atoms with Crippen molar-refractivity contribution in [2.75, 3.05) is 11.1 Å². The molecule has 1 amide bonds. The van der Waals surface area contributed by atoms with Crippen molar-refractivity contribution in [3.05, 3.63) is 57.5 Å². The Labute approximate surface area is 163 Å². The van der Waals surface area contributed by atoms with Crippen LogP contribution in [-0.2, 0) is 4.79 Å². The number of hydrogen-bond donors (Lipinski definition) is 2. The van der Waals surface area contributed by atoms with Gasteiger partial charge in [0.2, 0.25) is 11.1 Å². The Hall–Kier alpha value is -1.73. The van der Waals surface area contributed by atoms with Gasteiger partial charge in [0.15, 0.2) is 5.82 Å². The van der Waals surface area contributed by atoms with Crippen LogP contribution in [0.3, 0.4) is 0 Å².